The minimum absolute atomic E-state index is 0.308. The van der Waals surface area contributed by atoms with Crippen molar-refractivity contribution in [3.05, 3.63) is 12.4 Å². The smallest absolute Gasteiger partial charge is 0.257 e. The van der Waals surface area contributed by atoms with Gasteiger partial charge in [-0.3, -0.25) is 0 Å². The second kappa shape index (κ2) is 7.84. The molecule has 90 valence electrons. The average molecular weight is 227 g/mol. The van der Waals surface area contributed by atoms with Crippen molar-refractivity contribution in [1.82, 2.24) is 9.97 Å². The lowest BCUT2D eigenvalue weighted by molar-refractivity contribution is 0.0642. The number of nitrogens with two attached hydrogens (primary N) is 1. The molecule has 0 bridgehead atoms. The first-order valence-corrected chi connectivity index (χ1v) is 5.10. The number of hydrogen-bond donors (Lipinski definition) is 1. The molecule has 1 rings (SSSR count). The lowest BCUT2D eigenvalue weighted by atomic mass is 10.5. The number of rotatable bonds is 8. The van der Waals surface area contributed by atoms with Crippen LogP contribution in [0.25, 0.3) is 0 Å². The van der Waals surface area contributed by atoms with Gasteiger partial charge in [-0.05, 0) is 0 Å². The van der Waals surface area contributed by atoms with Crippen molar-refractivity contribution in [2.24, 2.45) is 0 Å². The molecule has 0 aliphatic rings. The zero-order valence-electron chi connectivity index (χ0n) is 9.39. The molecule has 0 radical (unpaired) electrons. The van der Waals surface area contributed by atoms with E-state index in [1.54, 1.807) is 13.3 Å². The summed E-state index contributed by atoms with van der Waals surface area (Å²) >= 11 is 0. The van der Waals surface area contributed by atoms with E-state index in [0.29, 0.717) is 38.1 Å². The van der Waals surface area contributed by atoms with E-state index < -0.39 is 0 Å². The highest BCUT2D eigenvalue weighted by molar-refractivity contribution is 5.38. The predicted octanol–water partition coefficient (Wildman–Crippen LogP) is 0.491. The number of anilines is 1. The average Bonchev–Trinajstić information content (AvgIpc) is 2.30. The third-order valence-electron chi connectivity index (χ3n) is 1.79. The Labute approximate surface area is 94.7 Å². The molecule has 0 saturated carbocycles. The predicted molar refractivity (Wildman–Crippen MR) is 59.3 cm³/mol. The molecule has 1 aromatic rings. The lowest BCUT2D eigenvalue weighted by Gasteiger charge is -2.06. The van der Waals surface area contributed by atoms with Gasteiger partial charge in [-0.25, -0.2) is 9.97 Å². The Balaban J connectivity index is 2.05. The summed E-state index contributed by atoms with van der Waals surface area (Å²) in [6.07, 6.45) is 3.84. The third kappa shape index (κ3) is 4.90. The van der Waals surface area contributed by atoms with Gasteiger partial charge < -0.3 is 19.9 Å². The van der Waals surface area contributed by atoms with Crippen LogP contribution in [0, 0.1) is 0 Å². The Hall–Kier alpha value is -1.40. The molecular formula is C10H17N3O3. The van der Waals surface area contributed by atoms with Crippen molar-refractivity contribution in [3.8, 4) is 5.88 Å². The number of nitrogens with zero attached hydrogens (tertiary/aromatic N) is 2. The van der Waals surface area contributed by atoms with Crippen molar-refractivity contribution in [1.29, 1.82) is 0 Å². The zero-order valence-corrected chi connectivity index (χ0v) is 9.39. The van der Waals surface area contributed by atoms with E-state index in [1.807, 2.05) is 0 Å². The topological polar surface area (TPSA) is 79.5 Å². The van der Waals surface area contributed by atoms with Crippen LogP contribution in [0.1, 0.15) is 6.42 Å². The first kappa shape index (κ1) is 12.7. The highest BCUT2D eigenvalue weighted by Gasteiger charge is 2.00. The van der Waals surface area contributed by atoms with Gasteiger partial charge in [0.05, 0.1) is 19.8 Å². The van der Waals surface area contributed by atoms with Crippen LogP contribution in [0.2, 0.25) is 0 Å². The van der Waals surface area contributed by atoms with Crippen LogP contribution in [0.3, 0.4) is 0 Å². The van der Waals surface area contributed by atoms with Gasteiger partial charge in [0, 0.05) is 32.5 Å². The molecule has 0 unspecified atom stereocenters. The first-order chi connectivity index (χ1) is 7.84. The van der Waals surface area contributed by atoms with Crippen LogP contribution in [-0.2, 0) is 9.47 Å². The number of hydrogen-bond acceptors (Lipinski definition) is 6. The van der Waals surface area contributed by atoms with Gasteiger partial charge in [0.25, 0.3) is 5.88 Å². The highest BCUT2D eigenvalue weighted by Crippen LogP contribution is 2.12. The molecule has 16 heavy (non-hydrogen) atoms. The van der Waals surface area contributed by atoms with Crippen molar-refractivity contribution in [2.45, 2.75) is 6.42 Å². The van der Waals surface area contributed by atoms with Crippen LogP contribution in [0.5, 0.6) is 5.88 Å². The fourth-order valence-corrected chi connectivity index (χ4v) is 1.02. The Bertz CT molecular complexity index is 296. The highest BCUT2D eigenvalue weighted by atomic mass is 16.5. The molecule has 0 atom stereocenters. The number of nitrogen functional groups attached to an aromatic ring is 1. The number of methoxy groups -OCH3 is 1. The maximum Gasteiger partial charge on any atom is 0.257 e. The van der Waals surface area contributed by atoms with Crippen LogP contribution in [-0.4, -0.2) is 43.5 Å². The summed E-state index contributed by atoms with van der Waals surface area (Å²) in [6, 6.07) is 0. The SMILES string of the molecule is COCCOCCCOc1nccnc1N. The molecule has 0 saturated heterocycles. The molecule has 0 spiro atoms. The summed E-state index contributed by atoms with van der Waals surface area (Å²) in [5.41, 5.74) is 5.55. The Morgan fingerprint density at radius 3 is 2.69 bits per heavy atom. The Morgan fingerprint density at radius 2 is 1.94 bits per heavy atom. The second-order valence-electron chi connectivity index (χ2n) is 3.05. The lowest BCUT2D eigenvalue weighted by Crippen LogP contribution is -2.08. The van der Waals surface area contributed by atoms with Crippen molar-refractivity contribution in [3.63, 3.8) is 0 Å². The van der Waals surface area contributed by atoms with Gasteiger partial charge in [0.1, 0.15) is 0 Å². The van der Waals surface area contributed by atoms with E-state index in [9.17, 15) is 0 Å². The van der Waals surface area contributed by atoms with E-state index in [2.05, 4.69) is 9.97 Å². The maximum absolute atomic E-state index is 5.55. The molecule has 0 amide bonds. The van der Waals surface area contributed by atoms with Gasteiger partial charge in [-0.15, -0.1) is 0 Å². The number of ether oxygens (including phenoxy) is 3. The molecular weight excluding hydrogens is 210 g/mol. The molecule has 1 aromatic heterocycles. The van der Waals surface area contributed by atoms with Crippen LogP contribution < -0.4 is 10.5 Å². The molecule has 6 nitrogen and oxygen atoms in total. The van der Waals surface area contributed by atoms with Gasteiger partial charge in [0.15, 0.2) is 5.82 Å². The van der Waals surface area contributed by atoms with Crippen molar-refractivity contribution >= 4 is 5.82 Å². The normalized spacial score (nSPS) is 10.3. The summed E-state index contributed by atoms with van der Waals surface area (Å²) in [5, 5.41) is 0. The van der Waals surface area contributed by atoms with E-state index >= 15 is 0 Å². The van der Waals surface area contributed by atoms with Crippen LogP contribution >= 0.6 is 0 Å². The van der Waals surface area contributed by atoms with E-state index in [1.165, 1.54) is 6.20 Å². The Kier molecular flexibility index (Phi) is 6.20. The minimum Gasteiger partial charge on any atom is -0.475 e. The molecule has 0 aliphatic carbocycles. The van der Waals surface area contributed by atoms with Crippen molar-refractivity contribution < 1.29 is 14.2 Å². The molecule has 1 heterocycles. The summed E-state index contributed by atoms with van der Waals surface area (Å²) in [7, 11) is 1.64. The van der Waals surface area contributed by atoms with Gasteiger partial charge in [0.2, 0.25) is 0 Å². The van der Waals surface area contributed by atoms with Gasteiger partial charge in [-0.1, -0.05) is 0 Å². The monoisotopic (exact) mass is 227 g/mol. The molecule has 0 aliphatic heterocycles. The summed E-state index contributed by atoms with van der Waals surface area (Å²) in [6.45, 7) is 2.35. The van der Waals surface area contributed by atoms with Gasteiger partial charge >= 0.3 is 0 Å². The minimum atomic E-state index is 0.308. The summed E-state index contributed by atoms with van der Waals surface area (Å²) in [4.78, 5) is 7.82. The van der Waals surface area contributed by atoms with Crippen LogP contribution in [0.15, 0.2) is 12.4 Å². The quantitative estimate of drug-likeness (QED) is 0.651. The fourth-order valence-electron chi connectivity index (χ4n) is 1.02. The fraction of sp³-hybridized carbons (Fsp3) is 0.600. The van der Waals surface area contributed by atoms with Crippen LogP contribution in [0.4, 0.5) is 5.82 Å². The Morgan fingerprint density at radius 1 is 1.12 bits per heavy atom. The molecule has 2 N–H and O–H groups in total. The van der Waals surface area contributed by atoms with E-state index in [0.717, 1.165) is 6.42 Å². The first-order valence-electron chi connectivity index (χ1n) is 5.10. The maximum atomic E-state index is 5.55. The zero-order chi connectivity index (χ0) is 11.6. The van der Waals surface area contributed by atoms with E-state index in [-0.39, 0.29) is 0 Å². The molecule has 0 fully saturated rings. The second-order valence-corrected chi connectivity index (χ2v) is 3.05. The molecule has 0 aromatic carbocycles. The standard InChI is InChI=1S/C10H17N3O3/c1-14-7-8-15-5-2-6-16-10-9(11)12-3-4-13-10/h3-4H,2,5-8H2,1H3,(H2,11,12). The summed E-state index contributed by atoms with van der Waals surface area (Å²) < 4.78 is 15.4. The third-order valence-corrected chi connectivity index (χ3v) is 1.79. The van der Waals surface area contributed by atoms with Crippen molar-refractivity contribution in [2.75, 3.05) is 39.3 Å². The number of aromatic nitrogens is 2. The summed E-state index contributed by atoms with van der Waals surface area (Å²) in [5.74, 6) is 0.683. The molecule has 6 heteroatoms. The van der Waals surface area contributed by atoms with Gasteiger partial charge in [-0.2, -0.15) is 0 Å². The largest absolute Gasteiger partial charge is 0.475 e. The van der Waals surface area contributed by atoms with E-state index in [4.69, 9.17) is 19.9 Å².